The standard InChI is InChI=1S/C16H15NO3/c1-11-5-3-6-12(9-11)15(18)13-7-4-8-14(10-13)17-16(19)20-2/h3-10H,1-2H3,(H,17,19). The van der Waals surface area contributed by atoms with Crippen LogP contribution in [0.2, 0.25) is 0 Å². The quantitative estimate of drug-likeness (QED) is 0.869. The van der Waals surface area contributed by atoms with Gasteiger partial charge in [0.1, 0.15) is 0 Å². The van der Waals surface area contributed by atoms with Crippen LogP contribution in [0.3, 0.4) is 0 Å². The smallest absolute Gasteiger partial charge is 0.411 e. The second-order valence-corrected chi connectivity index (χ2v) is 4.40. The molecule has 0 aliphatic heterocycles. The van der Waals surface area contributed by atoms with Crippen molar-refractivity contribution >= 4 is 17.6 Å². The summed E-state index contributed by atoms with van der Waals surface area (Å²) < 4.78 is 4.52. The lowest BCUT2D eigenvalue weighted by Crippen LogP contribution is -2.11. The molecule has 20 heavy (non-hydrogen) atoms. The van der Waals surface area contributed by atoms with Gasteiger partial charge in [-0.2, -0.15) is 0 Å². The summed E-state index contributed by atoms with van der Waals surface area (Å²) in [5.74, 6) is -0.0813. The lowest BCUT2D eigenvalue weighted by molar-refractivity contribution is 0.103. The number of carbonyl (C=O) groups excluding carboxylic acids is 2. The Bertz CT molecular complexity index is 650. The molecule has 0 saturated heterocycles. The number of anilines is 1. The first-order valence-corrected chi connectivity index (χ1v) is 6.16. The van der Waals surface area contributed by atoms with Crippen molar-refractivity contribution in [3.05, 3.63) is 65.2 Å². The molecule has 2 aromatic carbocycles. The van der Waals surface area contributed by atoms with Gasteiger partial charge in [-0.25, -0.2) is 4.79 Å². The zero-order chi connectivity index (χ0) is 14.5. The van der Waals surface area contributed by atoms with Crippen molar-refractivity contribution in [1.29, 1.82) is 0 Å². The van der Waals surface area contributed by atoms with E-state index in [1.165, 1.54) is 7.11 Å². The van der Waals surface area contributed by atoms with E-state index in [-0.39, 0.29) is 5.78 Å². The minimum Gasteiger partial charge on any atom is -0.453 e. The van der Waals surface area contributed by atoms with Crippen LogP contribution in [0.4, 0.5) is 10.5 Å². The first kappa shape index (κ1) is 13.8. The van der Waals surface area contributed by atoms with E-state index < -0.39 is 6.09 Å². The van der Waals surface area contributed by atoms with Crippen LogP contribution in [0, 0.1) is 6.92 Å². The average Bonchev–Trinajstić information content (AvgIpc) is 2.46. The number of amides is 1. The Hall–Kier alpha value is -2.62. The number of hydrogen-bond acceptors (Lipinski definition) is 3. The van der Waals surface area contributed by atoms with Gasteiger partial charge in [-0.05, 0) is 25.1 Å². The van der Waals surface area contributed by atoms with E-state index in [1.807, 2.05) is 25.1 Å². The molecule has 0 heterocycles. The number of ether oxygens (including phenoxy) is 1. The van der Waals surface area contributed by atoms with Gasteiger partial charge in [-0.3, -0.25) is 10.1 Å². The van der Waals surface area contributed by atoms with Crippen LogP contribution < -0.4 is 5.32 Å². The molecular weight excluding hydrogens is 254 g/mol. The zero-order valence-corrected chi connectivity index (χ0v) is 11.3. The first-order chi connectivity index (χ1) is 9.60. The molecule has 0 saturated carbocycles. The monoisotopic (exact) mass is 269 g/mol. The lowest BCUT2D eigenvalue weighted by Gasteiger charge is -2.06. The molecule has 0 atom stereocenters. The molecule has 0 aliphatic carbocycles. The number of rotatable bonds is 3. The summed E-state index contributed by atoms with van der Waals surface area (Å²) in [7, 11) is 1.29. The second-order valence-electron chi connectivity index (χ2n) is 4.40. The summed E-state index contributed by atoms with van der Waals surface area (Å²) in [5.41, 5.74) is 2.69. The number of ketones is 1. The van der Waals surface area contributed by atoms with Gasteiger partial charge >= 0.3 is 6.09 Å². The fourth-order valence-corrected chi connectivity index (χ4v) is 1.86. The highest BCUT2D eigenvalue weighted by molar-refractivity contribution is 6.09. The molecule has 0 radical (unpaired) electrons. The van der Waals surface area contributed by atoms with Gasteiger partial charge in [0.25, 0.3) is 0 Å². The van der Waals surface area contributed by atoms with Crippen LogP contribution in [0.25, 0.3) is 0 Å². The fraction of sp³-hybridized carbons (Fsp3) is 0.125. The molecule has 0 aliphatic rings. The molecule has 1 amide bonds. The van der Waals surface area contributed by atoms with E-state index >= 15 is 0 Å². The molecule has 102 valence electrons. The molecule has 0 aromatic heterocycles. The largest absolute Gasteiger partial charge is 0.453 e. The van der Waals surface area contributed by atoms with Crippen molar-refractivity contribution < 1.29 is 14.3 Å². The van der Waals surface area contributed by atoms with E-state index in [2.05, 4.69) is 10.1 Å². The summed E-state index contributed by atoms with van der Waals surface area (Å²) >= 11 is 0. The summed E-state index contributed by atoms with van der Waals surface area (Å²) in [6, 6.07) is 14.1. The van der Waals surface area contributed by atoms with Crippen molar-refractivity contribution in [2.45, 2.75) is 6.92 Å². The molecule has 2 rings (SSSR count). The van der Waals surface area contributed by atoms with Gasteiger partial charge in [0.15, 0.2) is 5.78 Å². The van der Waals surface area contributed by atoms with E-state index in [0.29, 0.717) is 16.8 Å². The molecule has 4 heteroatoms. The topological polar surface area (TPSA) is 55.4 Å². The molecule has 0 bridgehead atoms. The molecule has 1 N–H and O–H groups in total. The van der Waals surface area contributed by atoms with E-state index in [0.717, 1.165) is 5.56 Å². The van der Waals surface area contributed by atoms with Crippen LogP contribution in [0.15, 0.2) is 48.5 Å². The molecule has 0 fully saturated rings. The Kier molecular flexibility index (Phi) is 4.15. The van der Waals surface area contributed by atoms with Crippen LogP contribution in [0.5, 0.6) is 0 Å². The highest BCUT2D eigenvalue weighted by Crippen LogP contribution is 2.16. The molecule has 4 nitrogen and oxygen atoms in total. The number of methoxy groups -OCH3 is 1. The summed E-state index contributed by atoms with van der Waals surface area (Å²) in [6.45, 7) is 1.94. The van der Waals surface area contributed by atoms with E-state index in [4.69, 9.17) is 0 Å². The molecule has 0 spiro atoms. The van der Waals surface area contributed by atoms with Crippen molar-refractivity contribution in [1.82, 2.24) is 0 Å². The summed E-state index contributed by atoms with van der Waals surface area (Å²) in [4.78, 5) is 23.5. The zero-order valence-electron chi connectivity index (χ0n) is 11.3. The van der Waals surface area contributed by atoms with Crippen molar-refractivity contribution in [3.8, 4) is 0 Å². The van der Waals surface area contributed by atoms with Gasteiger partial charge in [-0.1, -0.05) is 35.9 Å². The van der Waals surface area contributed by atoms with Gasteiger partial charge in [0.05, 0.1) is 7.11 Å². The Morgan fingerprint density at radius 1 is 1.00 bits per heavy atom. The maximum Gasteiger partial charge on any atom is 0.411 e. The van der Waals surface area contributed by atoms with Crippen LogP contribution >= 0.6 is 0 Å². The minimum atomic E-state index is -0.565. The fourth-order valence-electron chi connectivity index (χ4n) is 1.86. The number of hydrogen-bond donors (Lipinski definition) is 1. The predicted octanol–water partition coefficient (Wildman–Crippen LogP) is 3.40. The number of aryl methyl sites for hydroxylation is 1. The summed E-state index contributed by atoms with van der Waals surface area (Å²) in [6.07, 6.45) is -0.565. The maximum atomic E-state index is 12.4. The van der Waals surface area contributed by atoms with Gasteiger partial charge in [-0.15, -0.1) is 0 Å². The highest BCUT2D eigenvalue weighted by Gasteiger charge is 2.10. The second kappa shape index (κ2) is 6.02. The van der Waals surface area contributed by atoms with Crippen molar-refractivity contribution in [3.63, 3.8) is 0 Å². The number of benzene rings is 2. The lowest BCUT2D eigenvalue weighted by atomic mass is 10.0. The number of nitrogens with one attached hydrogen (secondary N) is 1. The number of carbonyl (C=O) groups is 2. The molecule has 0 unspecified atom stereocenters. The van der Waals surface area contributed by atoms with Gasteiger partial charge < -0.3 is 4.74 Å². The van der Waals surface area contributed by atoms with E-state index in [9.17, 15) is 9.59 Å². The molecule has 2 aromatic rings. The third-order valence-corrected chi connectivity index (χ3v) is 2.84. The third kappa shape index (κ3) is 3.23. The van der Waals surface area contributed by atoms with Gasteiger partial charge in [0.2, 0.25) is 0 Å². The van der Waals surface area contributed by atoms with Crippen LogP contribution in [-0.4, -0.2) is 19.0 Å². The Morgan fingerprint density at radius 3 is 2.30 bits per heavy atom. The first-order valence-electron chi connectivity index (χ1n) is 6.16. The Morgan fingerprint density at radius 2 is 1.65 bits per heavy atom. The average molecular weight is 269 g/mol. The van der Waals surface area contributed by atoms with Gasteiger partial charge in [0, 0.05) is 16.8 Å². The minimum absolute atomic E-state index is 0.0813. The summed E-state index contributed by atoms with van der Waals surface area (Å²) in [5, 5.41) is 2.54. The Labute approximate surface area is 117 Å². The SMILES string of the molecule is COC(=O)Nc1cccc(C(=O)c2cccc(C)c2)c1. The van der Waals surface area contributed by atoms with Crippen molar-refractivity contribution in [2.24, 2.45) is 0 Å². The van der Waals surface area contributed by atoms with Crippen LogP contribution in [0.1, 0.15) is 21.5 Å². The third-order valence-electron chi connectivity index (χ3n) is 2.84. The van der Waals surface area contributed by atoms with Crippen LogP contribution in [-0.2, 0) is 4.74 Å². The predicted molar refractivity (Wildman–Crippen MR) is 77.1 cm³/mol. The van der Waals surface area contributed by atoms with Crippen molar-refractivity contribution in [2.75, 3.05) is 12.4 Å². The highest BCUT2D eigenvalue weighted by atomic mass is 16.5. The maximum absolute atomic E-state index is 12.4. The molecular formula is C16H15NO3. The van der Waals surface area contributed by atoms with E-state index in [1.54, 1.807) is 30.3 Å². The normalized spacial score (nSPS) is 9.90. The Balaban J connectivity index is 2.26.